The average Bonchev–Trinajstić information content (AvgIpc) is 3.25. The van der Waals surface area contributed by atoms with Gasteiger partial charge in [-0.2, -0.15) is 0 Å². The number of hydrogen-bond acceptors (Lipinski definition) is 8. The van der Waals surface area contributed by atoms with Crippen molar-refractivity contribution in [3.63, 3.8) is 0 Å². The number of thioether (sulfide) groups is 1. The van der Waals surface area contributed by atoms with Gasteiger partial charge in [-0.25, -0.2) is 9.79 Å². The maximum Gasteiger partial charge on any atom is 0.338 e. The molecule has 1 unspecified atom stereocenters. The van der Waals surface area contributed by atoms with E-state index < -0.39 is 12.0 Å². The minimum atomic E-state index is -0.461. The van der Waals surface area contributed by atoms with Gasteiger partial charge in [0.1, 0.15) is 5.75 Å². The summed E-state index contributed by atoms with van der Waals surface area (Å²) in [6.45, 7) is 5.53. The first-order valence-electron chi connectivity index (χ1n) is 11.7. The van der Waals surface area contributed by atoms with E-state index in [2.05, 4.69) is 15.2 Å². The quantitative estimate of drug-likeness (QED) is 0.566. The fourth-order valence-corrected chi connectivity index (χ4v) is 5.60. The maximum atomic E-state index is 12.8. The molecule has 0 bridgehead atoms. The predicted molar refractivity (Wildman–Crippen MR) is 133 cm³/mol. The van der Waals surface area contributed by atoms with E-state index in [1.807, 2.05) is 41.5 Å². The Kier molecular flexibility index (Phi) is 7.95. The molecule has 0 aromatic heterocycles. The first-order valence-corrected chi connectivity index (χ1v) is 12.6. The number of methoxy groups -OCH3 is 2. The molecular formula is C25H32N4O4S. The van der Waals surface area contributed by atoms with Gasteiger partial charge in [0, 0.05) is 18.8 Å². The molecule has 3 aliphatic heterocycles. The van der Waals surface area contributed by atoms with Crippen molar-refractivity contribution in [3.8, 4) is 5.75 Å². The smallest absolute Gasteiger partial charge is 0.338 e. The lowest BCUT2D eigenvalue weighted by molar-refractivity contribution is -0.136. The molecule has 0 aliphatic carbocycles. The number of esters is 1. The van der Waals surface area contributed by atoms with Gasteiger partial charge in [0.2, 0.25) is 5.91 Å². The molecule has 1 fully saturated rings. The number of nitrogens with one attached hydrogen (secondary N) is 1. The Morgan fingerprint density at radius 2 is 2.00 bits per heavy atom. The zero-order valence-corrected chi connectivity index (χ0v) is 20.8. The van der Waals surface area contributed by atoms with Crippen molar-refractivity contribution in [2.24, 2.45) is 4.99 Å². The first-order chi connectivity index (χ1) is 16.5. The third-order valence-corrected chi connectivity index (χ3v) is 7.24. The molecule has 1 aromatic rings. The van der Waals surface area contributed by atoms with Crippen molar-refractivity contribution in [2.75, 3.05) is 40.4 Å². The Bertz CT molecular complexity index is 1030. The van der Waals surface area contributed by atoms with E-state index in [-0.39, 0.29) is 12.3 Å². The van der Waals surface area contributed by atoms with Crippen LogP contribution in [0.25, 0.3) is 0 Å². The number of amidine groups is 1. The molecule has 9 heteroatoms. The minimum absolute atomic E-state index is 0.0413. The highest BCUT2D eigenvalue weighted by molar-refractivity contribution is 8.16. The largest absolute Gasteiger partial charge is 0.497 e. The van der Waals surface area contributed by atoms with E-state index in [9.17, 15) is 9.59 Å². The SMILES string of the molecule is COC(=O)C1=C(C)N=C2SC=C(CC(=O)NCCN3CCCCC3)N2C1c1cccc(OC)c1. The van der Waals surface area contributed by atoms with Gasteiger partial charge in [0.15, 0.2) is 5.17 Å². The van der Waals surface area contributed by atoms with E-state index in [4.69, 9.17) is 9.47 Å². The molecule has 34 heavy (non-hydrogen) atoms. The molecule has 8 nitrogen and oxygen atoms in total. The van der Waals surface area contributed by atoms with Crippen molar-refractivity contribution in [2.45, 2.75) is 38.6 Å². The number of nitrogens with zero attached hydrogens (tertiary/aromatic N) is 3. The Balaban J connectivity index is 1.52. The molecule has 3 heterocycles. The summed E-state index contributed by atoms with van der Waals surface area (Å²) in [5.74, 6) is 0.215. The van der Waals surface area contributed by atoms with Crippen LogP contribution in [0.2, 0.25) is 0 Å². The Morgan fingerprint density at radius 3 is 2.74 bits per heavy atom. The number of hydrogen-bond donors (Lipinski definition) is 1. The van der Waals surface area contributed by atoms with Crippen LogP contribution in [-0.2, 0) is 14.3 Å². The lowest BCUT2D eigenvalue weighted by Crippen LogP contribution is -2.39. The minimum Gasteiger partial charge on any atom is -0.497 e. The van der Waals surface area contributed by atoms with Crippen molar-refractivity contribution >= 4 is 28.8 Å². The summed E-state index contributed by atoms with van der Waals surface area (Å²) < 4.78 is 10.5. The van der Waals surface area contributed by atoms with E-state index >= 15 is 0 Å². The molecule has 0 spiro atoms. The highest BCUT2D eigenvalue weighted by Gasteiger charge is 2.41. The second-order valence-electron chi connectivity index (χ2n) is 8.59. The lowest BCUT2D eigenvalue weighted by Gasteiger charge is -2.36. The van der Waals surface area contributed by atoms with Crippen molar-refractivity contribution in [1.29, 1.82) is 0 Å². The molecule has 3 aliphatic rings. The van der Waals surface area contributed by atoms with Crippen LogP contribution in [-0.4, -0.2) is 67.2 Å². The zero-order chi connectivity index (χ0) is 24.1. The summed E-state index contributed by atoms with van der Waals surface area (Å²) in [6, 6.07) is 7.15. The summed E-state index contributed by atoms with van der Waals surface area (Å²) in [7, 11) is 2.98. The number of carbonyl (C=O) groups is 2. The molecule has 0 saturated carbocycles. The number of fused-ring (bicyclic) bond motifs is 1. The fraction of sp³-hybridized carbons (Fsp3) is 0.480. The number of rotatable bonds is 8. The third-order valence-electron chi connectivity index (χ3n) is 6.36. The lowest BCUT2D eigenvalue weighted by atomic mass is 9.93. The summed E-state index contributed by atoms with van der Waals surface area (Å²) in [5, 5.41) is 5.75. The van der Waals surface area contributed by atoms with E-state index in [0.29, 0.717) is 23.6 Å². The number of piperidine rings is 1. The Morgan fingerprint density at radius 1 is 1.21 bits per heavy atom. The maximum absolute atomic E-state index is 12.8. The van der Waals surface area contributed by atoms with E-state index in [1.54, 1.807) is 7.11 Å². The molecule has 1 aromatic carbocycles. The summed E-state index contributed by atoms with van der Waals surface area (Å²) in [4.78, 5) is 34.7. The van der Waals surface area contributed by atoms with Crippen LogP contribution in [0.5, 0.6) is 5.75 Å². The van der Waals surface area contributed by atoms with Gasteiger partial charge in [-0.3, -0.25) is 4.79 Å². The topological polar surface area (TPSA) is 83.5 Å². The number of amides is 1. The standard InChI is InChI=1S/C25H32N4O4S/c1-17-22(24(31)33-3)23(18-8-7-9-20(14-18)32-2)29-19(16-34-25(29)27-17)15-21(30)26-10-13-28-11-5-4-6-12-28/h7-9,14,16,23H,4-6,10-13,15H2,1-3H3,(H,26,30). The normalized spacial score (nSPS) is 20.4. The highest BCUT2D eigenvalue weighted by atomic mass is 32.2. The predicted octanol–water partition coefficient (Wildman–Crippen LogP) is 3.44. The van der Waals surface area contributed by atoms with Gasteiger partial charge in [-0.1, -0.05) is 30.3 Å². The third kappa shape index (κ3) is 5.31. The Hall–Kier alpha value is -2.78. The summed E-state index contributed by atoms with van der Waals surface area (Å²) >= 11 is 1.46. The fourth-order valence-electron chi connectivity index (χ4n) is 4.63. The van der Waals surface area contributed by atoms with Gasteiger partial charge >= 0.3 is 5.97 Å². The van der Waals surface area contributed by atoms with Gasteiger partial charge in [-0.05, 0) is 56.0 Å². The second-order valence-corrected chi connectivity index (χ2v) is 9.43. The highest BCUT2D eigenvalue weighted by Crippen LogP contribution is 2.45. The van der Waals surface area contributed by atoms with Gasteiger partial charge in [-0.15, -0.1) is 0 Å². The van der Waals surface area contributed by atoms with Crippen LogP contribution >= 0.6 is 11.8 Å². The molecule has 4 rings (SSSR count). The summed E-state index contributed by atoms with van der Waals surface area (Å²) in [6.07, 6.45) is 3.97. The number of benzene rings is 1. The van der Waals surface area contributed by atoms with Crippen LogP contribution in [0.15, 0.2) is 51.6 Å². The van der Waals surface area contributed by atoms with Gasteiger partial charge < -0.3 is 24.6 Å². The van der Waals surface area contributed by atoms with Crippen LogP contribution < -0.4 is 10.1 Å². The number of allylic oxidation sites excluding steroid dienone is 1. The second kappa shape index (κ2) is 11.1. The first kappa shape index (κ1) is 24.3. The monoisotopic (exact) mass is 484 g/mol. The molecule has 1 N–H and O–H groups in total. The van der Waals surface area contributed by atoms with E-state index in [0.717, 1.165) is 36.1 Å². The van der Waals surface area contributed by atoms with Crippen LogP contribution in [0.4, 0.5) is 0 Å². The molecule has 182 valence electrons. The molecule has 1 saturated heterocycles. The number of ether oxygens (including phenoxy) is 2. The molecule has 1 atom stereocenters. The zero-order valence-electron chi connectivity index (χ0n) is 20.0. The van der Waals surface area contributed by atoms with Crippen LogP contribution in [0, 0.1) is 0 Å². The van der Waals surface area contributed by atoms with Crippen LogP contribution in [0.1, 0.15) is 44.2 Å². The van der Waals surface area contributed by atoms with Crippen molar-refractivity contribution < 1.29 is 19.1 Å². The van der Waals surface area contributed by atoms with Crippen molar-refractivity contribution in [3.05, 3.63) is 52.2 Å². The van der Waals surface area contributed by atoms with Crippen LogP contribution in [0.3, 0.4) is 0 Å². The summed E-state index contributed by atoms with van der Waals surface area (Å²) in [5.41, 5.74) is 2.74. The molecule has 0 radical (unpaired) electrons. The average molecular weight is 485 g/mol. The molecular weight excluding hydrogens is 452 g/mol. The van der Waals surface area contributed by atoms with Gasteiger partial charge in [0.05, 0.1) is 38.0 Å². The Labute approximate surface area is 205 Å². The molecule has 1 amide bonds. The number of aliphatic imine (C=N–C) groups is 1. The van der Waals surface area contributed by atoms with Crippen molar-refractivity contribution in [1.82, 2.24) is 15.1 Å². The van der Waals surface area contributed by atoms with Gasteiger partial charge in [0.25, 0.3) is 0 Å². The van der Waals surface area contributed by atoms with E-state index in [1.165, 1.54) is 38.1 Å². The number of carbonyl (C=O) groups excluding carboxylic acids is 2. The number of likely N-dealkylation sites (tertiary alicyclic amines) is 1.